The van der Waals surface area contributed by atoms with E-state index in [9.17, 15) is 4.79 Å². The number of hydrogen-bond acceptors (Lipinski definition) is 3. The Morgan fingerprint density at radius 2 is 2.10 bits per heavy atom. The first-order valence-electron chi connectivity index (χ1n) is 8.86. The predicted molar refractivity (Wildman–Crippen MR) is 80.9 cm³/mol. The monoisotopic (exact) mass is 292 g/mol. The Balaban J connectivity index is 1.44. The summed E-state index contributed by atoms with van der Waals surface area (Å²) >= 11 is 0. The second kappa shape index (κ2) is 5.24. The van der Waals surface area contributed by atoms with Crippen molar-refractivity contribution in [1.29, 1.82) is 0 Å². The molecule has 0 aromatic carbocycles. The fraction of sp³-hybridized carbons (Fsp3) is 0.941. The third-order valence-corrected chi connectivity index (χ3v) is 6.58. The number of nitrogens with one attached hydrogen (secondary N) is 2. The molecule has 1 amide bonds. The maximum absolute atomic E-state index is 12.7. The third-order valence-electron chi connectivity index (χ3n) is 6.58. The number of piperidine rings is 1. The number of carbonyl (C=O) groups is 1. The minimum absolute atomic E-state index is 0.209. The molecule has 2 saturated carbocycles. The van der Waals surface area contributed by atoms with Gasteiger partial charge >= 0.3 is 0 Å². The summed E-state index contributed by atoms with van der Waals surface area (Å²) in [5.41, 5.74) is 0.287. The molecule has 2 saturated heterocycles. The third kappa shape index (κ3) is 2.14. The molecule has 2 aliphatic carbocycles. The standard InChI is InChI=1S/C17H28N2O2/c1-11-10-12(4-8-18-11)16(20)19-14-13-5-9-21-15(13)17(14)6-2-3-7-17/h11-15,18H,2-10H2,1H3,(H,19,20)/t11-,12-,13?,14?,15?/m0/s1. The molecule has 0 radical (unpaired) electrons. The van der Waals surface area contributed by atoms with Gasteiger partial charge < -0.3 is 15.4 Å². The molecule has 4 aliphatic rings. The fourth-order valence-corrected chi connectivity index (χ4v) is 5.55. The van der Waals surface area contributed by atoms with Gasteiger partial charge in [0.15, 0.2) is 0 Å². The van der Waals surface area contributed by atoms with Crippen LogP contribution >= 0.6 is 0 Å². The lowest BCUT2D eigenvalue weighted by molar-refractivity contribution is -0.148. The van der Waals surface area contributed by atoms with Gasteiger partial charge in [-0.2, -0.15) is 0 Å². The van der Waals surface area contributed by atoms with Crippen LogP contribution in [0, 0.1) is 17.3 Å². The summed E-state index contributed by atoms with van der Waals surface area (Å²) in [4.78, 5) is 12.7. The minimum Gasteiger partial charge on any atom is -0.377 e. The van der Waals surface area contributed by atoms with Crippen molar-refractivity contribution in [1.82, 2.24) is 10.6 Å². The molecular formula is C17H28N2O2. The topological polar surface area (TPSA) is 50.4 Å². The van der Waals surface area contributed by atoms with E-state index in [1.165, 1.54) is 25.7 Å². The molecule has 4 nitrogen and oxygen atoms in total. The Morgan fingerprint density at radius 3 is 2.86 bits per heavy atom. The van der Waals surface area contributed by atoms with Crippen LogP contribution in [0.3, 0.4) is 0 Å². The summed E-state index contributed by atoms with van der Waals surface area (Å²) in [6.45, 7) is 4.06. The Hall–Kier alpha value is -0.610. The van der Waals surface area contributed by atoms with Crippen LogP contribution < -0.4 is 10.6 Å². The van der Waals surface area contributed by atoms with Crippen LogP contribution in [0.5, 0.6) is 0 Å². The summed E-state index contributed by atoms with van der Waals surface area (Å²) in [7, 11) is 0. The quantitative estimate of drug-likeness (QED) is 0.816. The summed E-state index contributed by atoms with van der Waals surface area (Å²) < 4.78 is 6.00. The first kappa shape index (κ1) is 14.0. The second-order valence-corrected chi connectivity index (χ2v) is 7.75. The van der Waals surface area contributed by atoms with E-state index in [1.807, 2.05) is 0 Å². The summed E-state index contributed by atoms with van der Waals surface area (Å²) in [6, 6.07) is 0.865. The molecule has 4 fully saturated rings. The number of carbonyl (C=O) groups excluding carboxylic acids is 1. The largest absolute Gasteiger partial charge is 0.377 e. The van der Waals surface area contributed by atoms with E-state index in [4.69, 9.17) is 4.74 Å². The van der Waals surface area contributed by atoms with Gasteiger partial charge in [0.1, 0.15) is 0 Å². The zero-order chi connectivity index (χ0) is 14.4. The molecule has 0 aromatic heterocycles. The maximum Gasteiger partial charge on any atom is 0.223 e. The second-order valence-electron chi connectivity index (χ2n) is 7.75. The van der Waals surface area contributed by atoms with Crippen molar-refractivity contribution < 1.29 is 9.53 Å². The maximum atomic E-state index is 12.7. The fourth-order valence-electron chi connectivity index (χ4n) is 5.55. The summed E-state index contributed by atoms with van der Waals surface area (Å²) in [5, 5.41) is 6.90. The molecule has 21 heavy (non-hydrogen) atoms. The number of amides is 1. The van der Waals surface area contributed by atoms with Gasteiger partial charge in [-0.25, -0.2) is 0 Å². The van der Waals surface area contributed by atoms with E-state index < -0.39 is 0 Å². The molecule has 2 heterocycles. The zero-order valence-corrected chi connectivity index (χ0v) is 13.1. The Bertz CT molecular complexity index is 419. The van der Waals surface area contributed by atoms with Gasteiger partial charge in [-0.3, -0.25) is 4.79 Å². The van der Waals surface area contributed by atoms with Crippen molar-refractivity contribution in [2.24, 2.45) is 17.3 Å². The number of ether oxygens (including phenoxy) is 1. The molecule has 3 unspecified atom stereocenters. The van der Waals surface area contributed by atoms with Crippen molar-refractivity contribution in [2.75, 3.05) is 13.2 Å². The molecule has 118 valence electrons. The van der Waals surface area contributed by atoms with Crippen molar-refractivity contribution in [2.45, 2.75) is 70.1 Å². The van der Waals surface area contributed by atoms with Crippen LogP contribution in [0.4, 0.5) is 0 Å². The van der Waals surface area contributed by atoms with Crippen molar-refractivity contribution in [3.05, 3.63) is 0 Å². The van der Waals surface area contributed by atoms with E-state index in [1.54, 1.807) is 0 Å². The molecule has 0 bridgehead atoms. The van der Waals surface area contributed by atoms with Crippen LogP contribution in [-0.4, -0.2) is 37.2 Å². The van der Waals surface area contributed by atoms with E-state index >= 15 is 0 Å². The molecule has 4 rings (SSSR count). The lowest BCUT2D eigenvalue weighted by Gasteiger charge is -2.57. The number of hydrogen-bond donors (Lipinski definition) is 2. The van der Waals surface area contributed by atoms with E-state index in [-0.39, 0.29) is 11.3 Å². The van der Waals surface area contributed by atoms with Gasteiger partial charge in [0.05, 0.1) is 6.10 Å². The highest BCUT2D eigenvalue weighted by molar-refractivity contribution is 5.79. The smallest absolute Gasteiger partial charge is 0.223 e. The van der Waals surface area contributed by atoms with Gasteiger partial charge in [0.25, 0.3) is 0 Å². The average Bonchev–Trinajstić information content (AvgIpc) is 3.12. The SMILES string of the molecule is C[C@H]1C[C@@H](C(=O)NC2C3CCOC3C23CCCC3)CCN1. The van der Waals surface area contributed by atoms with Gasteiger partial charge in [-0.1, -0.05) is 12.8 Å². The van der Waals surface area contributed by atoms with Crippen LogP contribution in [0.1, 0.15) is 51.9 Å². The highest BCUT2D eigenvalue weighted by atomic mass is 16.5. The Labute approximate surface area is 127 Å². The van der Waals surface area contributed by atoms with Gasteiger partial charge in [0, 0.05) is 35.9 Å². The molecule has 2 N–H and O–H groups in total. The van der Waals surface area contributed by atoms with E-state index in [2.05, 4.69) is 17.6 Å². The number of fused-ring (bicyclic) bond motifs is 2. The number of rotatable bonds is 2. The predicted octanol–water partition coefficient (Wildman–Crippen LogP) is 1.84. The molecule has 4 heteroatoms. The summed E-state index contributed by atoms with van der Waals surface area (Å²) in [6.07, 6.45) is 8.67. The van der Waals surface area contributed by atoms with Crippen molar-refractivity contribution >= 4 is 5.91 Å². The molecule has 5 atom stereocenters. The first-order chi connectivity index (χ1) is 10.2. The van der Waals surface area contributed by atoms with Gasteiger partial charge in [-0.15, -0.1) is 0 Å². The summed E-state index contributed by atoms with van der Waals surface area (Å²) in [5.74, 6) is 1.11. The first-order valence-corrected chi connectivity index (χ1v) is 8.86. The van der Waals surface area contributed by atoms with Crippen molar-refractivity contribution in [3.8, 4) is 0 Å². The molecule has 0 aromatic rings. The molecule has 1 spiro atoms. The van der Waals surface area contributed by atoms with Crippen molar-refractivity contribution in [3.63, 3.8) is 0 Å². The normalized spacial score (nSPS) is 44.3. The van der Waals surface area contributed by atoms with Crippen LogP contribution in [-0.2, 0) is 9.53 Å². The van der Waals surface area contributed by atoms with E-state index in [0.717, 1.165) is 32.4 Å². The lowest BCUT2D eigenvalue weighted by Crippen LogP contribution is -2.68. The average molecular weight is 292 g/mol. The Kier molecular flexibility index (Phi) is 3.49. The molecule has 2 aliphatic heterocycles. The van der Waals surface area contributed by atoms with Gasteiger partial charge in [0.2, 0.25) is 5.91 Å². The zero-order valence-electron chi connectivity index (χ0n) is 13.1. The van der Waals surface area contributed by atoms with Crippen LogP contribution in [0.15, 0.2) is 0 Å². The highest BCUT2D eigenvalue weighted by Gasteiger charge is 2.65. The van der Waals surface area contributed by atoms with Gasteiger partial charge in [-0.05, 0) is 45.6 Å². The molecular weight excluding hydrogens is 264 g/mol. The minimum atomic E-state index is 0.209. The van der Waals surface area contributed by atoms with E-state index in [0.29, 0.717) is 30.0 Å². The Morgan fingerprint density at radius 1 is 1.29 bits per heavy atom. The highest BCUT2D eigenvalue weighted by Crippen LogP contribution is 2.60. The van der Waals surface area contributed by atoms with Crippen LogP contribution in [0.2, 0.25) is 0 Å². The lowest BCUT2D eigenvalue weighted by atomic mass is 9.54. The van der Waals surface area contributed by atoms with Crippen LogP contribution in [0.25, 0.3) is 0 Å².